The number of H-pyrrole nitrogens is 1. The van der Waals surface area contributed by atoms with Crippen LogP contribution in [0.4, 0.5) is 15.9 Å². The van der Waals surface area contributed by atoms with Gasteiger partial charge in [-0.05, 0) is 30.7 Å². The molecule has 5 aromatic rings. The smallest absolute Gasteiger partial charge is 0.283 e. The molecule has 3 heterocycles. The molecular formula is C23H21FN8O2. The molecule has 11 heteroatoms. The van der Waals surface area contributed by atoms with E-state index in [1.165, 1.54) is 29.5 Å². The van der Waals surface area contributed by atoms with Gasteiger partial charge in [-0.3, -0.25) is 10.2 Å². The number of imidazole rings is 1. The molecule has 0 fully saturated rings. The van der Waals surface area contributed by atoms with Crippen molar-refractivity contribution in [2.75, 3.05) is 17.9 Å². The molecule has 1 atom stereocenters. The number of fused-ring (bicyclic) bond motifs is 2. The van der Waals surface area contributed by atoms with Gasteiger partial charge in [0.25, 0.3) is 5.56 Å². The van der Waals surface area contributed by atoms with Crippen molar-refractivity contribution >= 4 is 33.6 Å². The fourth-order valence-corrected chi connectivity index (χ4v) is 3.76. The van der Waals surface area contributed by atoms with Gasteiger partial charge in [-0.2, -0.15) is 0 Å². The number of anilines is 2. The summed E-state index contributed by atoms with van der Waals surface area (Å²) >= 11 is 0. The normalized spacial score (nSPS) is 12.1. The van der Waals surface area contributed by atoms with E-state index in [9.17, 15) is 9.18 Å². The standard InChI is InChI=1S/C23H21FN8O2/c1-3-16(29-21-19-20(26-11-25-19)27-12-28-21)22-30-17-9-5-8-15(24)18(17)23(33)32(22)31-13-6-4-7-14(10-13)34-2/h4-12,16,31H,3H2,1-2H3,(H2,25,26,27,28,29). The fourth-order valence-electron chi connectivity index (χ4n) is 3.76. The van der Waals surface area contributed by atoms with E-state index >= 15 is 0 Å². The molecule has 0 saturated heterocycles. The molecule has 3 N–H and O–H groups in total. The third-order valence-electron chi connectivity index (χ3n) is 5.44. The van der Waals surface area contributed by atoms with Gasteiger partial charge in [0.2, 0.25) is 0 Å². The van der Waals surface area contributed by atoms with E-state index in [0.29, 0.717) is 40.7 Å². The second-order valence-electron chi connectivity index (χ2n) is 7.52. The summed E-state index contributed by atoms with van der Waals surface area (Å²) in [4.78, 5) is 33.8. The Morgan fingerprint density at radius 3 is 2.85 bits per heavy atom. The Balaban J connectivity index is 1.66. The second-order valence-corrected chi connectivity index (χ2v) is 7.52. The molecule has 2 aromatic carbocycles. The van der Waals surface area contributed by atoms with Crippen LogP contribution in [0.15, 0.2) is 59.9 Å². The van der Waals surface area contributed by atoms with Crippen LogP contribution < -0.4 is 21.0 Å². The summed E-state index contributed by atoms with van der Waals surface area (Å²) in [5.74, 6) is 0.835. The number of methoxy groups -OCH3 is 1. The lowest BCUT2D eigenvalue weighted by Crippen LogP contribution is -2.34. The van der Waals surface area contributed by atoms with E-state index in [1.807, 2.05) is 6.92 Å². The average molecular weight is 460 g/mol. The molecule has 0 aliphatic heterocycles. The Hall–Kier alpha value is -4.54. The number of aromatic nitrogens is 6. The first-order chi connectivity index (χ1) is 16.6. The highest BCUT2D eigenvalue weighted by atomic mass is 19.1. The Labute approximate surface area is 192 Å². The quantitative estimate of drug-likeness (QED) is 0.336. The average Bonchev–Trinajstić information content (AvgIpc) is 3.34. The lowest BCUT2D eigenvalue weighted by atomic mass is 10.1. The second kappa shape index (κ2) is 8.77. The maximum absolute atomic E-state index is 14.6. The van der Waals surface area contributed by atoms with Gasteiger partial charge in [0.15, 0.2) is 17.3 Å². The maximum atomic E-state index is 14.6. The van der Waals surface area contributed by atoms with Gasteiger partial charge in [0.05, 0.1) is 30.7 Å². The molecule has 0 aliphatic carbocycles. The fraction of sp³-hybridized carbons (Fsp3) is 0.174. The Morgan fingerprint density at radius 1 is 1.18 bits per heavy atom. The predicted molar refractivity (Wildman–Crippen MR) is 126 cm³/mol. The number of halogens is 1. The highest BCUT2D eigenvalue weighted by molar-refractivity contribution is 5.82. The summed E-state index contributed by atoms with van der Waals surface area (Å²) < 4.78 is 21.2. The number of hydrogen-bond acceptors (Lipinski definition) is 8. The van der Waals surface area contributed by atoms with Crippen LogP contribution in [0.2, 0.25) is 0 Å². The van der Waals surface area contributed by atoms with E-state index < -0.39 is 17.4 Å². The lowest BCUT2D eigenvalue weighted by molar-refractivity contribution is 0.415. The largest absolute Gasteiger partial charge is 0.497 e. The van der Waals surface area contributed by atoms with Crippen molar-refractivity contribution in [3.8, 4) is 5.75 Å². The van der Waals surface area contributed by atoms with E-state index in [-0.39, 0.29) is 10.9 Å². The number of hydrogen-bond donors (Lipinski definition) is 3. The van der Waals surface area contributed by atoms with Crippen molar-refractivity contribution in [1.29, 1.82) is 0 Å². The van der Waals surface area contributed by atoms with Crippen molar-refractivity contribution in [3.05, 3.63) is 77.1 Å². The van der Waals surface area contributed by atoms with E-state index in [1.54, 1.807) is 37.4 Å². The van der Waals surface area contributed by atoms with Gasteiger partial charge >= 0.3 is 0 Å². The number of nitrogens with zero attached hydrogens (tertiary/aromatic N) is 5. The van der Waals surface area contributed by atoms with Crippen LogP contribution >= 0.6 is 0 Å². The number of benzene rings is 2. The molecule has 34 heavy (non-hydrogen) atoms. The van der Waals surface area contributed by atoms with Crippen molar-refractivity contribution in [3.63, 3.8) is 0 Å². The maximum Gasteiger partial charge on any atom is 0.283 e. The lowest BCUT2D eigenvalue weighted by Gasteiger charge is -2.23. The first-order valence-corrected chi connectivity index (χ1v) is 10.6. The zero-order valence-corrected chi connectivity index (χ0v) is 18.4. The minimum atomic E-state index is -0.640. The summed E-state index contributed by atoms with van der Waals surface area (Å²) in [6, 6.07) is 11.0. The summed E-state index contributed by atoms with van der Waals surface area (Å²) in [7, 11) is 1.55. The number of nitrogens with one attached hydrogen (secondary N) is 3. The SMILES string of the molecule is CCC(Nc1ncnc2nc[nH]c12)c1nc2cccc(F)c2c(=O)n1Nc1cccc(OC)c1. The molecule has 1 unspecified atom stereocenters. The molecule has 0 radical (unpaired) electrons. The van der Waals surface area contributed by atoms with E-state index in [4.69, 9.17) is 4.74 Å². The number of ether oxygens (including phenoxy) is 1. The third kappa shape index (κ3) is 3.76. The van der Waals surface area contributed by atoms with Gasteiger partial charge in [0.1, 0.15) is 28.8 Å². The zero-order valence-electron chi connectivity index (χ0n) is 18.4. The number of rotatable bonds is 7. The van der Waals surface area contributed by atoms with Crippen molar-refractivity contribution < 1.29 is 9.13 Å². The zero-order chi connectivity index (χ0) is 23.7. The van der Waals surface area contributed by atoms with Gasteiger partial charge in [0, 0.05) is 6.07 Å². The summed E-state index contributed by atoms with van der Waals surface area (Å²) in [6.07, 6.45) is 3.48. The molecular weight excluding hydrogens is 439 g/mol. The van der Waals surface area contributed by atoms with E-state index in [2.05, 4.69) is 35.7 Å². The molecule has 3 aromatic heterocycles. The van der Waals surface area contributed by atoms with Crippen LogP contribution in [0.25, 0.3) is 22.1 Å². The summed E-state index contributed by atoms with van der Waals surface area (Å²) in [5, 5.41) is 3.22. The topological polar surface area (TPSA) is 123 Å². The first-order valence-electron chi connectivity index (χ1n) is 10.6. The molecule has 5 rings (SSSR count). The van der Waals surface area contributed by atoms with Crippen LogP contribution in [-0.4, -0.2) is 36.7 Å². The molecule has 0 aliphatic rings. The Morgan fingerprint density at radius 2 is 2.03 bits per heavy atom. The van der Waals surface area contributed by atoms with Crippen LogP contribution in [0, 0.1) is 5.82 Å². The molecule has 172 valence electrons. The van der Waals surface area contributed by atoms with Crippen molar-refractivity contribution in [1.82, 2.24) is 29.6 Å². The molecule has 0 saturated carbocycles. The summed E-state index contributed by atoms with van der Waals surface area (Å²) in [5.41, 5.74) is 4.48. The highest BCUT2D eigenvalue weighted by Gasteiger charge is 2.22. The van der Waals surface area contributed by atoms with Crippen molar-refractivity contribution in [2.45, 2.75) is 19.4 Å². The molecule has 0 amide bonds. The van der Waals surface area contributed by atoms with Gasteiger partial charge in [-0.15, -0.1) is 0 Å². The minimum Gasteiger partial charge on any atom is -0.497 e. The van der Waals surface area contributed by atoms with Crippen LogP contribution in [-0.2, 0) is 0 Å². The van der Waals surface area contributed by atoms with Crippen LogP contribution in [0.3, 0.4) is 0 Å². The predicted octanol–water partition coefficient (Wildman–Crippen LogP) is 3.65. The van der Waals surface area contributed by atoms with Gasteiger partial charge < -0.3 is 15.0 Å². The monoisotopic (exact) mass is 460 g/mol. The van der Waals surface area contributed by atoms with Crippen molar-refractivity contribution in [2.24, 2.45) is 0 Å². The molecule has 0 bridgehead atoms. The molecule has 0 spiro atoms. The third-order valence-corrected chi connectivity index (χ3v) is 5.44. The first kappa shape index (κ1) is 21.3. The Bertz CT molecular complexity index is 1550. The van der Waals surface area contributed by atoms with Crippen LogP contribution in [0.5, 0.6) is 5.75 Å². The van der Waals surface area contributed by atoms with E-state index in [0.717, 1.165) is 0 Å². The molecule has 10 nitrogen and oxygen atoms in total. The minimum absolute atomic E-state index is 0.102. The Kier molecular flexibility index (Phi) is 5.50. The number of aromatic amines is 1. The highest BCUT2D eigenvalue weighted by Crippen LogP contribution is 2.25. The van der Waals surface area contributed by atoms with Gasteiger partial charge in [-0.1, -0.05) is 19.1 Å². The van der Waals surface area contributed by atoms with Gasteiger partial charge in [-0.25, -0.2) is 29.0 Å². The van der Waals surface area contributed by atoms with Crippen LogP contribution in [0.1, 0.15) is 25.2 Å². The summed E-state index contributed by atoms with van der Waals surface area (Å²) in [6.45, 7) is 1.95.